The molecule has 0 aliphatic carbocycles. The van der Waals surface area contributed by atoms with Crippen molar-refractivity contribution < 1.29 is 14.6 Å². The standard InChI is InChI=1S/C27H30N6O3/c1-4-23(35)32-12-11-20(22(34)15-32)33-13-17(14-33)5-10-21-24(18-6-8-19(36-3)9-7-18)25-26(28)29-16-30-27(25)31(21)2/h4,6-9,16-17,20,22,34H,1,11-15H2,2-3H3,(H2,28,29,30)/t20-,22+/m1/s1. The van der Waals surface area contributed by atoms with E-state index in [0.29, 0.717) is 18.9 Å². The number of anilines is 1. The average Bonchev–Trinajstić information content (AvgIpc) is 3.16. The number of aliphatic hydroxyl groups is 1. The molecule has 0 saturated carbocycles. The van der Waals surface area contributed by atoms with E-state index in [4.69, 9.17) is 10.5 Å². The van der Waals surface area contributed by atoms with E-state index in [9.17, 15) is 9.90 Å². The van der Waals surface area contributed by atoms with Gasteiger partial charge < -0.3 is 25.0 Å². The number of likely N-dealkylation sites (tertiary alicyclic amines) is 2. The zero-order valence-electron chi connectivity index (χ0n) is 20.5. The summed E-state index contributed by atoms with van der Waals surface area (Å²) in [6, 6.07) is 7.84. The number of carbonyl (C=O) groups excluding carboxylic acids is 1. The number of benzene rings is 1. The fourth-order valence-electron chi connectivity index (χ4n) is 5.18. The van der Waals surface area contributed by atoms with Gasteiger partial charge in [0, 0.05) is 50.7 Å². The summed E-state index contributed by atoms with van der Waals surface area (Å²) in [5.74, 6) is 8.07. The van der Waals surface area contributed by atoms with Crippen LogP contribution < -0.4 is 10.5 Å². The van der Waals surface area contributed by atoms with E-state index in [-0.39, 0.29) is 17.9 Å². The molecule has 1 aromatic carbocycles. The average molecular weight is 487 g/mol. The number of aliphatic hydroxyl groups excluding tert-OH is 1. The minimum absolute atomic E-state index is 0.0412. The van der Waals surface area contributed by atoms with E-state index in [1.54, 1.807) is 12.0 Å². The maximum absolute atomic E-state index is 11.9. The lowest BCUT2D eigenvalue weighted by molar-refractivity contribution is -0.132. The largest absolute Gasteiger partial charge is 0.497 e. The third kappa shape index (κ3) is 4.19. The number of aromatic nitrogens is 3. The second kappa shape index (κ2) is 9.64. The molecule has 9 nitrogen and oxygen atoms in total. The summed E-state index contributed by atoms with van der Waals surface area (Å²) in [5.41, 5.74) is 9.72. The van der Waals surface area contributed by atoms with E-state index < -0.39 is 6.10 Å². The van der Waals surface area contributed by atoms with Gasteiger partial charge >= 0.3 is 0 Å². The maximum Gasteiger partial charge on any atom is 0.246 e. The first-order valence-corrected chi connectivity index (χ1v) is 12.0. The van der Waals surface area contributed by atoms with Gasteiger partial charge in [-0.15, -0.1) is 0 Å². The molecule has 36 heavy (non-hydrogen) atoms. The summed E-state index contributed by atoms with van der Waals surface area (Å²) in [6.07, 6.45) is 2.94. The van der Waals surface area contributed by atoms with Crippen molar-refractivity contribution in [1.29, 1.82) is 0 Å². The first-order valence-electron chi connectivity index (χ1n) is 12.0. The molecule has 0 bridgehead atoms. The minimum atomic E-state index is -0.571. The number of carbonyl (C=O) groups is 1. The second-order valence-corrected chi connectivity index (χ2v) is 9.30. The third-order valence-electron chi connectivity index (χ3n) is 7.18. The van der Waals surface area contributed by atoms with Gasteiger partial charge in [0.1, 0.15) is 29.2 Å². The highest BCUT2D eigenvalue weighted by Gasteiger charge is 2.38. The number of β-amino-alcohol motifs (C(OH)–C–C–N with tert-alkyl or cyclic N) is 1. The summed E-state index contributed by atoms with van der Waals surface area (Å²) in [7, 11) is 3.58. The van der Waals surface area contributed by atoms with Crippen LogP contribution in [0.25, 0.3) is 22.2 Å². The molecule has 1 amide bonds. The van der Waals surface area contributed by atoms with E-state index in [1.165, 1.54) is 12.4 Å². The van der Waals surface area contributed by atoms with Crippen LogP contribution in [0.15, 0.2) is 43.2 Å². The summed E-state index contributed by atoms with van der Waals surface area (Å²) < 4.78 is 7.28. The fourth-order valence-corrected chi connectivity index (χ4v) is 5.18. The molecule has 0 unspecified atom stereocenters. The normalized spacial score (nSPS) is 20.5. The van der Waals surface area contributed by atoms with Gasteiger partial charge in [-0.1, -0.05) is 24.6 Å². The number of hydrogen-bond donors (Lipinski definition) is 2. The molecular formula is C27H30N6O3. The van der Waals surface area contributed by atoms with Crippen molar-refractivity contribution in [3.63, 3.8) is 0 Å². The SMILES string of the molecule is C=CC(=O)N1CC[C@@H](N2CC(C#Cc3c(-c4ccc(OC)cc4)c4c(N)ncnc4n3C)C2)[C@@H](O)C1. The van der Waals surface area contributed by atoms with Crippen LogP contribution in [0.1, 0.15) is 12.1 Å². The topological polar surface area (TPSA) is 110 Å². The summed E-state index contributed by atoms with van der Waals surface area (Å²) >= 11 is 0. The highest BCUT2D eigenvalue weighted by molar-refractivity contribution is 6.03. The number of aryl methyl sites for hydroxylation is 1. The molecular weight excluding hydrogens is 456 g/mol. The summed E-state index contributed by atoms with van der Waals surface area (Å²) in [6.45, 7) is 6.07. The van der Waals surface area contributed by atoms with Crippen LogP contribution in [0.5, 0.6) is 5.75 Å². The van der Waals surface area contributed by atoms with Gasteiger partial charge in [0.05, 0.1) is 18.6 Å². The quantitative estimate of drug-likeness (QED) is 0.426. The Labute approximate surface area is 210 Å². The number of rotatable bonds is 4. The molecule has 3 N–H and O–H groups in total. The van der Waals surface area contributed by atoms with Crippen molar-refractivity contribution >= 4 is 22.8 Å². The number of methoxy groups -OCH3 is 1. The number of ether oxygens (including phenoxy) is 1. The van der Waals surface area contributed by atoms with Gasteiger partial charge in [-0.3, -0.25) is 9.69 Å². The molecule has 4 heterocycles. The predicted octanol–water partition coefficient (Wildman–Crippen LogP) is 1.66. The van der Waals surface area contributed by atoms with Crippen LogP contribution in [0.2, 0.25) is 0 Å². The van der Waals surface area contributed by atoms with E-state index in [2.05, 4.69) is 33.3 Å². The highest BCUT2D eigenvalue weighted by Crippen LogP contribution is 2.36. The highest BCUT2D eigenvalue weighted by atomic mass is 16.5. The van der Waals surface area contributed by atoms with Gasteiger partial charge in [0.2, 0.25) is 5.91 Å². The Morgan fingerprint density at radius 3 is 2.67 bits per heavy atom. The Morgan fingerprint density at radius 2 is 2.00 bits per heavy atom. The molecule has 5 rings (SSSR count). The lowest BCUT2D eigenvalue weighted by Gasteiger charge is -2.47. The Kier molecular flexibility index (Phi) is 6.39. The van der Waals surface area contributed by atoms with Crippen molar-refractivity contribution in [2.24, 2.45) is 13.0 Å². The number of nitrogens with two attached hydrogens (primary N) is 1. The maximum atomic E-state index is 11.9. The zero-order valence-corrected chi connectivity index (χ0v) is 20.5. The first kappa shape index (κ1) is 23.9. The van der Waals surface area contributed by atoms with E-state index in [0.717, 1.165) is 53.1 Å². The number of hydrogen-bond acceptors (Lipinski definition) is 7. The molecule has 2 atom stereocenters. The van der Waals surface area contributed by atoms with Crippen LogP contribution in [0.4, 0.5) is 5.82 Å². The molecule has 186 valence electrons. The summed E-state index contributed by atoms with van der Waals surface area (Å²) in [5, 5.41) is 11.4. The van der Waals surface area contributed by atoms with Crippen LogP contribution >= 0.6 is 0 Å². The Morgan fingerprint density at radius 1 is 1.25 bits per heavy atom. The Balaban J connectivity index is 1.37. The van der Waals surface area contributed by atoms with Gasteiger partial charge in [0.25, 0.3) is 0 Å². The molecule has 2 aromatic heterocycles. The Bertz CT molecular complexity index is 1360. The van der Waals surface area contributed by atoms with Crippen LogP contribution in [-0.4, -0.2) is 80.8 Å². The van der Waals surface area contributed by atoms with E-state index >= 15 is 0 Å². The van der Waals surface area contributed by atoms with Gasteiger partial charge in [0.15, 0.2) is 0 Å². The molecule has 0 spiro atoms. The molecule has 3 aromatic rings. The number of piperidine rings is 1. The monoisotopic (exact) mass is 486 g/mol. The smallest absolute Gasteiger partial charge is 0.246 e. The summed E-state index contributed by atoms with van der Waals surface area (Å²) in [4.78, 5) is 24.4. The Hall–Kier alpha value is -3.87. The minimum Gasteiger partial charge on any atom is -0.497 e. The second-order valence-electron chi connectivity index (χ2n) is 9.30. The van der Waals surface area contributed by atoms with Crippen molar-refractivity contribution in [1.82, 2.24) is 24.3 Å². The van der Waals surface area contributed by atoms with Gasteiger partial charge in [-0.2, -0.15) is 0 Å². The molecule has 2 saturated heterocycles. The lowest BCUT2D eigenvalue weighted by Crippen LogP contribution is -2.61. The predicted molar refractivity (Wildman–Crippen MR) is 138 cm³/mol. The molecule has 2 aliphatic heterocycles. The number of fused-ring (bicyclic) bond motifs is 1. The number of nitrogen functional groups attached to an aromatic ring is 1. The van der Waals surface area contributed by atoms with E-state index in [1.807, 2.05) is 35.9 Å². The van der Waals surface area contributed by atoms with Crippen molar-refractivity contribution in [3.8, 4) is 28.7 Å². The molecule has 0 radical (unpaired) electrons. The number of nitrogens with zero attached hydrogens (tertiary/aromatic N) is 5. The van der Waals surface area contributed by atoms with Gasteiger partial charge in [-0.25, -0.2) is 9.97 Å². The van der Waals surface area contributed by atoms with Crippen LogP contribution in [0, 0.1) is 17.8 Å². The third-order valence-corrected chi connectivity index (χ3v) is 7.18. The van der Waals surface area contributed by atoms with Crippen molar-refractivity contribution in [3.05, 3.63) is 48.9 Å². The molecule has 2 fully saturated rings. The number of amides is 1. The first-order chi connectivity index (χ1) is 17.4. The van der Waals surface area contributed by atoms with Crippen molar-refractivity contribution in [2.75, 3.05) is 39.0 Å². The van der Waals surface area contributed by atoms with Crippen LogP contribution in [-0.2, 0) is 11.8 Å². The lowest BCUT2D eigenvalue weighted by atomic mass is 9.91. The van der Waals surface area contributed by atoms with Crippen LogP contribution in [0.3, 0.4) is 0 Å². The molecule has 9 heteroatoms. The zero-order chi connectivity index (χ0) is 25.4. The fraction of sp³-hybridized carbons (Fsp3) is 0.370. The van der Waals surface area contributed by atoms with Gasteiger partial charge in [-0.05, 0) is 36.1 Å². The van der Waals surface area contributed by atoms with Crippen molar-refractivity contribution in [2.45, 2.75) is 18.6 Å². The molecule has 2 aliphatic rings.